The molecule has 0 amide bonds. The number of halogens is 1. The van der Waals surface area contributed by atoms with Crippen molar-refractivity contribution in [2.24, 2.45) is 0 Å². The molecule has 1 aromatic heterocycles. The normalized spacial score (nSPS) is 11.0. The molecule has 0 bridgehead atoms. The van der Waals surface area contributed by atoms with Crippen LogP contribution in [0.1, 0.15) is 17.5 Å². The zero-order valence-electron chi connectivity index (χ0n) is 17.8. The van der Waals surface area contributed by atoms with E-state index in [1.807, 2.05) is 43.3 Å². The highest BCUT2D eigenvalue weighted by Crippen LogP contribution is 2.16. The van der Waals surface area contributed by atoms with Crippen LogP contribution in [0.3, 0.4) is 0 Å². The lowest BCUT2D eigenvalue weighted by Crippen LogP contribution is -2.23. The fourth-order valence-electron chi connectivity index (χ4n) is 3.16. The van der Waals surface area contributed by atoms with Gasteiger partial charge in [0, 0.05) is 18.2 Å². The summed E-state index contributed by atoms with van der Waals surface area (Å²) >= 11 is 0. The van der Waals surface area contributed by atoms with Crippen molar-refractivity contribution in [3.63, 3.8) is 0 Å². The number of hydrogen-bond acceptors (Lipinski definition) is 5. The van der Waals surface area contributed by atoms with Crippen LogP contribution in [-0.4, -0.2) is 47.9 Å². The molecule has 0 fully saturated rings. The van der Waals surface area contributed by atoms with Crippen molar-refractivity contribution in [1.29, 1.82) is 0 Å². The number of hydrogen-bond donors (Lipinski definition) is 0. The van der Waals surface area contributed by atoms with Crippen molar-refractivity contribution in [2.45, 2.75) is 19.4 Å². The van der Waals surface area contributed by atoms with Gasteiger partial charge in [-0.05, 0) is 49.8 Å². The maximum Gasteiger partial charge on any atom is 0.310 e. The smallest absolute Gasteiger partial charge is 0.310 e. The summed E-state index contributed by atoms with van der Waals surface area (Å²) in [5, 5.41) is 4.38. The third-order valence-electron chi connectivity index (χ3n) is 4.67. The fourth-order valence-corrected chi connectivity index (χ4v) is 3.16. The molecule has 2 aromatic carbocycles. The number of nitrogens with zero attached hydrogens (tertiary/aromatic N) is 3. The van der Waals surface area contributed by atoms with Crippen LogP contribution in [-0.2, 0) is 22.5 Å². The number of rotatable bonds is 9. The lowest BCUT2D eigenvalue weighted by molar-refractivity contribution is -0.143. The van der Waals surface area contributed by atoms with Gasteiger partial charge >= 0.3 is 5.97 Å². The molecule has 7 heteroatoms. The lowest BCUT2D eigenvalue weighted by atomic mass is 10.1. The van der Waals surface area contributed by atoms with Gasteiger partial charge in [-0.2, -0.15) is 5.10 Å². The molecule has 0 aliphatic rings. The molecule has 1 heterocycles. The summed E-state index contributed by atoms with van der Waals surface area (Å²) in [6, 6.07) is 16.5. The van der Waals surface area contributed by atoms with E-state index in [-0.39, 0.29) is 30.3 Å². The van der Waals surface area contributed by atoms with E-state index in [1.54, 1.807) is 18.2 Å². The molecule has 0 aliphatic heterocycles. The SMILES string of the molecule is CN(C)CCCOC(=O)Cc1cccc(Cn2nc(-c3cccc(F)c3)ccc2=O)c1. The molecule has 0 spiro atoms. The average Bonchev–Trinajstić information content (AvgIpc) is 2.73. The van der Waals surface area contributed by atoms with Gasteiger partial charge in [-0.25, -0.2) is 9.07 Å². The van der Waals surface area contributed by atoms with E-state index in [1.165, 1.54) is 22.9 Å². The van der Waals surface area contributed by atoms with Gasteiger partial charge in [-0.15, -0.1) is 0 Å². The maximum atomic E-state index is 13.5. The Hall–Kier alpha value is -3.32. The first kappa shape index (κ1) is 22.4. The first-order valence-corrected chi connectivity index (χ1v) is 10.1. The summed E-state index contributed by atoms with van der Waals surface area (Å²) < 4.78 is 20.1. The molecule has 0 saturated carbocycles. The molecule has 0 radical (unpaired) electrons. The van der Waals surface area contributed by atoms with E-state index in [0.29, 0.717) is 17.9 Å². The van der Waals surface area contributed by atoms with Crippen molar-refractivity contribution in [1.82, 2.24) is 14.7 Å². The Balaban J connectivity index is 1.67. The van der Waals surface area contributed by atoms with Crippen molar-refractivity contribution in [3.05, 3.63) is 88.0 Å². The summed E-state index contributed by atoms with van der Waals surface area (Å²) in [4.78, 5) is 26.4. The predicted octanol–water partition coefficient (Wildman–Crippen LogP) is 3.14. The van der Waals surface area contributed by atoms with Crippen LogP contribution in [0.25, 0.3) is 11.3 Å². The Labute approximate surface area is 180 Å². The minimum atomic E-state index is -0.363. The van der Waals surface area contributed by atoms with Gasteiger partial charge in [0.15, 0.2) is 0 Å². The van der Waals surface area contributed by atoms with Gasteiger partial charge in [-0.3, -0.25) is 9.59 Å². The van der Waals surface area contributed by atoms with Crippen molar-refractivity contribution in [2.75, 3.05) is 27.2 Å². The molecule has 0 unspecified atom stereocenters. The maximum absolute atomic E-state index is 13.5. The topological polar surface area (TPSA) is 64.4 Å². The van der Waals surface area contributed by atoms with Crippen LogP contribution in [0, 0.1) is 5.82 Å². The molecule has 31 heavy (non-hydrogen) atoms. The molecule has 0 saturated heterocycles. The molecule has 3 rings (SSSR count). The number of ether oxygens (including phenoxy) is 1. The Morgan fingerprint density at radius 2 is 1.84 bits per heavy atom. The quantitative estimate of drug-likeness (QED) is 0.391. The van der Waals surface area contributed by atoms with Crippen molar-refractivity contribution >= 4 is 5.97 Å². The predicted molar refractivity (Wildman–Crippen MR) is 117 cm³/mol. The van der Waals surface area contributed by atoms with E-state index in [4.69, 9.17) is 4.74 Å². The lowest BCUT2D eigenvalue weighted by Gasteiger charge is -2.10. The third-order valence-corrected chi connectivity index (χ3v) is 4.67. The monoisotopic (exact) mass is 423 g/mol. The average molecular weight is 423 g/mol. The van der Waals surface area contributed by atoms with Crippen LogP contribution < -0.4 is 5.56 Å². The highest BCUT2D eigenvalue weighted by Gasteiger charge is 2.08. The van der Waals surface area contributed by atoms with Gasteiger partial charge in [0.05, 0.1) is 25.3 Å². The molecular formula is C24H26FN3O3. The van der Waals surface area contributed by atoms with Crippen LogP contribution in [0.4, 0.5) is 4.39 Å². The Kier molecular flexibility index (Phi) is 7.67. The number of aromatic nitrogens is 2. The van der Waals surface area contributed by atoms with E-state index in [2.05, 4.69) is 5.10 Å². The zero-order valence-corrected chi connectivity index (χ0v) is 17.8. The Morgan fingerprint density at radius 3 is 2.61 bits per heavy atom. The largest absolute Gasteiger partial charge is 0.465 e. The van der Waals surface area contributed by atoms with Crippen LogP contribution in [0.15, 0.2) is 65.5 Å². The van der Waals surface area contributed by atoms with Gasteiger partial charge in [-0.1, -0.05) is 36.4 Å². The Bertz CT molecular complexity index is 1100. The van der Waals surface area contributed by atoms with Crippen LogP contribution in [0.5, 0.6) is 0 Å². The molecule has 3 aromatic rings. The highest BCUT2D eigenvalue weighted by atomic mass is 19.1. The van der Waals surface area contributed by atoms with Gasteiger partial charge < -0.3 is 9.64 Å². The molecule has 6 nitrogen and oxygen atoms in total. The number of esters is 1. The summed E-state index contributed by atoms with van der Waals surface area (Å²) in [7, 11) is 3.95. The van der Waals surface area contributed by atoms with E-state index in [0.717, 1.165) is 24.1 Å². The van der Waals surface area contributed by atoms with E-state index >= 15 is 0 Å². The first-order valence-electron chi connectivity index (χ1n) is 10.1. The minimum absolute atomic E-state index is 0.168. The van der Waals surface area contributed by atoms with Gasteiger partial charge in [0.1, 0.15) is 5.82 Å². The number of benzene rings is 2. The summed E-state index contributed by atoms with van der Waals surface area (Å²) in [6.07, 6.45) is 0.955. The fraction of sp³-hybridized carbons (Fsp3) is 0.292. The molecule has 0 atom stereocenters. The third kappa shape index (κ3) is 6.86. The van der Waals surface area contributed by atoms with Gasteiger partial charge in [0.2, 0.25) is 0 Å². The number of carbonyl (C=O) groups excluding carboxylic acids is 1. The van der Waals surface area contributed by atoms with E-state index in [9.17, 15) is 14.0 Å². The van der Waals surface area contributed by atoms with Crippen LogP contribution >= 0.6 is 0 Å². The first-order chi connectivity index (χ1) is 14.9. The standard InChI is InChI=1S/C24H26FN3O3/c1-27(2)12-5-13-31-24(30)15-18-6-3-7-19(14-18)17-28-23(29)11-10-22(26-28)20-8-4-9-21(25)16-20/h3-4,6-11,14,16H,5,12-13,15,17H2,1-2H3. The molecular weight excluding hydrogens is 397 g/mol. The second-order valence-electron chi connectivity index (χ2n) is 7.60. The Morgan fingerprint density at radius 1 is 1.06 bits per heavy atom. The molecule has 0 aliphatic carbocycles. The van der Waals surface area contributed by atoms with E-state index < -0.39 is 0 Å². The minimum Gasteiger partial charge on any atom is -0.465 e. The summed E-state index contributed by atoms with van der Waals surface area (Å²) in [5.74, 6) is -0.641. The second kappa shape index (κ2) is 10.6. The van der Waals surface area contributed by atoms with Crippen LogP contribution in [0.2, 0.25) is 0 Å². The van der Waals surface area contributed by atoms with Crippen molar-refractivity contribution < 1.29 is 13.9 Å². The summed E-state index contributed by atoms with van der Waals surface area (Å²) in [6.45, 7) is 1.50. The van der Waals surface area contributed by atoms with Gasteiger partial charge in [0.25, 0.3) is 5.56 Å². The number of carbonyl (C=O) groups is 1. The molecule has 162 valence electrons. The summed E-state index contributed by atoms with van der Waals surface area (Å²) in [5.41, 5.74) is 2.50. The zero-order chi connectivity index (χ0) is 22.2. The second-order valence-corrected chi connectivity index (χ2v) is 7.60. The van der Waals surface area contributed by atoms with Crippen molar-refractivity contribution in [3.8, 4) is 11.3 Å². The highest BCUT2D eigenvalue weighted by molar-refractivity contribution is 5.72. The molecule has 0 N–H and O–H groups in total.